The number of carbonyl (C=O) groups is 1. The van der Waals surface area contributed by atoms with Crippen molar-refractivity contribution in [1.29, 1.82) is 0 Å². The van der Waals surface area contributed by atoms with Crippen molar-refractivity contribution in [2.24, 2.45) is 0 Å². The zero-order valence-corrected chi connectivity index (χ0v) is 13.2. The van der Waals surface area contributed by atoms with Crippen molar-refractivity contribution in [3.05, 3.63) is 60.2 Å². The lowest BCUT2D eigenvalue weighted by Crippen LogP contribution is -2.29. The second-order valence-corrected chi connectivity index (χ2v) is 5.61. The van der Waals surface area contributed by atoms with Crippen LogP contribution in [0, 0.1) is 0 Å². The lowest BCUT2D eigenvalue weighted by atomic mass is 9.98. The number of hydrogen-bond donors (Lipinski definition) is 0. The molecule has 0 aromatic heterocycles. The monoisotopic (exact) mass is 291 g/mol. The largest absolute Gasteiger partial charge is 0.296 e. The molecule has 22 heavy (non-hydrogen) atoms. The standard InChI is InChI=1S/C20H21NO/c1-3-21(4-2)14-20(22)17-12-11-16-10-9-15-7-5-6-8-18(15)19(16)13-17/h5-13H,3-4,14H2,1-2H3. The van der Waals surface area contributed by atoms with Crippen LogP contribution in [-0.4, -0.2) is 30.3 Å². The van der Waals surface area contributed by atoms with Gasteiger partial charge < -0.3 is 0 Å². The summed E-state index contributed by atoms with van der Waals surface area (Å²) < 4.78 is 0. The Balaban J connectivity index is 2.05. The first kappa shape index (κ1) is 14.7. The Morgan fingerprint density at radius 2 is 1.50 bits per heavy atom. The number of benzene rings is 3. The van der Waals surface area contributed by atoms with E-state index < -0.39 is 0 Å². The van der Waals surface area contributed by atoms with E-state index in [1.165, 1.54) is 16.2 Å². The van der Waals surface area contributed by atoms with Gasteiger partial charge in [-0.1, -0.05) is 62.4 Å². The molecular formula is C20H21NO. The van der Waals surface area contributed by atoms with Gasteiger partial charge in [0.15, 0.2) is 5.78 Å². The lowest BCUT2D eigenvalue weighted by Gasteiger charge is -2.17. The van der Waals surface area contributed by atoms with E-state index in [0.29, 0.717) is 6.54 Å². The number of carbonyl (C=O) groups excluding carboxylic acids is 1. The van der Waals surface area contributed by atoms with Crippen LogP contribution in [0.25, 0.3) is 21.5 Å². The Kier molecular flexibility index (Phi) is 4.21. The van der Waals surface area contributed by atoms with E-state index in [0.717, 1.165) is 24.0 Å². The molecule has 0 aliphatic heterocycles. The maximum Gasteiger partial charge on any atom is 0.176 e. The van der Waals surface area contributed by atoms with Gasteiger partial charge in [0, 0.05) is 5.56 Å². The Bertz CT molecular complexity index is 818. The summed E-state index contributed by atoms with van der Waals surface area (Å²) in [6, 6.07) is 18.6. The lowest BCUT2D eigenvalue weighted by molar-refractivity contribution is 0.0937. The summed E-state index contributed by atoms with van der Waals surface area (Å²) in [6.07, 6.45) is 0. The number of likely N-dealkylation sites (N-methyl/N-ethyl adjacent to an activating group) is 1. The maximum absolute atomic E-state index is 12.5. The molecule has 0 radical (unpaired) electrons. The molecule has 0 aliphatic rings. The molecule has 0 atom stereocenters. The average Bonchev–Trinajstić information content (AvgIpc) is 2.58. The van der Waals surface area contributed by atoms with Gasteiger partial charge in [-0.05, 0) is 40.7 Å². The summed E-state index contributed by atoms with van der Waals surface area (Å²) in [6.45, 7) is 6.47. The van der Waals surface area contributed by atoms with Crippen molar-refractivity contribution in [3.63, 3.8) is 0 Å². The minimum Gasteiger partial charge on any atom is -0.296 e. The number of nitrogens with zero attached hydrogens (tertiary/aromatic N) is 1. The van der Waals surface area contributed by atoms with Crippen LogP contribution in [0.4, 0.5) is 0 Å². The van der Waals surface area contributed by atoms with Gasteiger partial charge >= 0.3 is 0 Å². The van der Waals surface area contributed by atoms with E-state index in [1.807, 2.05) is 24.3 Å². The molecule has 2 heteroatoms. The van der Waals surface area contributed by atoms with Crippen LogP contribution < -0.4 is 0 Å². The second-order valence-electron chi connectivity index (χ2n) is 5.61. The predicted octanol–water partition coefficient (Wildman–Crippen LogP) is 4.52. The fourth-order valence-corrected chi connectivity index (χ4v) is 2.92. The zero-order valence-electron chi connectivity index (χ0n) is 13.2. The maximum atomic E-state index is 12.5. The summed E-state index contributed by atoms with van der Waals surface area (Å²) in [4.78, 5) is 14.7. The Hall–Kier alpha value is -2.19. The Labute approximate surface area is 131 Å². The minimum atomic E-state index is 0.193. The van der Waals surface area contributed by atoms with Gasteiger partial charge in [-0.15, -0.1) is 0 Å². The molecule has 0 unspecified atom stereocenters. The first-order chi connectivity index (χ1) is 10.7. The molecule has 112 valence electrons. The van der Waals surface area contributed by atoms with Gasteiger partial charge in [0.1, 0.15) is 0 Å². The summed E-state index contributed by atoms with van der Waals surface area (Å²) in [7, 11) is 0. The molecule has 3 aromatic rings. The van der Waals surface area contributed by atoms with E-state index in [2.05, 4.69) is 49.1 Å². The van der Waals surface area contributed by atoms with Gasteiger partial charge in [0.05, 0.1) is 6.54 Å². The van der Waals surface area contributed by atoms with Crippen LogP contribution in [0.5, 0.6) is 0 Å². The van der Waals surface area contributed by atoms with Gasteiger partial charge in [-0.25, -0.2) is 0 Å². The fraction of sp³-hybridized carbons (Fsp3) is 0.250. The van der Waals surface area contributed by atoms with Gasteiger partial charge in [0.25, 0.3) is 0 Å². The molecule has 2 nitrogen and oxygen atoms in total. The van der Waals surface area contributed by atoms with Crippen LogP contribution in [-0.2, 0) is 0 Å². The molecule has 0 spiro atoms. The summed E-state index contributed by atoms with van der Waals surface area (Å²) in [5.74, 6) is 0.193. The summed E-state index contributed by atoms with van der Waals surface area (Å²) in [5, 5.41) is 4.75. The highest BCUT2D eigenvalue weighted by atomic mass is 16.1. The van der Waals surface area contributed by atoms with Crippen molar-refractivity contribution in [3.8, 4) is 0 Å². The number of Topliss-reactive ketones (excluding diaryl/α,β-unsaturated/α-hetero) is 1. The average molecular weight is 291 g/mol. The molecule has 0 heterocycles. The first-order valence-electron chi connectivity index (χ1n) is 7.90. The molecule has 0 bridgehead atoms. The number of ketones is 1. The fourth-order valence-electron chi connectivity index (χ4n) is 2.92. The SMILES string of the molecule is CCN(CC)CC(=O)c1ccc2ccc3ccccc3c2c1. The normalized spacial score (nSPS) is 11.4. The molecule has 0 aliphatic carbocycles. The third kappa shape index (κ3) is 2.75. The zero-order chi connectivity index (χ0) is 15.5. The molecule has 0 saturated heterocycles. The molecule has 3 aromatic carbocycles. The predicted molar refractivity (Wildman–Crippen MR) is 93.6 cm³/mol. The van der Waals surface area contributed by atoms with Crippen LogP contribution in [0.15, 0.2) is 54.6 Å². The third-order valence-electron chi connectivity index (χ3n) is 4.33. The molecule has 0 saturated carbocycles. The number of fused-ring (bicyclic) bond motifs is 3. The highest BCUT2D eigenvalue weighted by Gasteiger charge is 2.11. The highest BCUT2D eigenvalue weighted by Crippen LogP contribution is 2.26. The molecular weight excluding hydrogens is 270 g/mol. The van der Waals surface area contributed by atoms with Crippen molar-refractivity contribution in [2.75, 3.05) is 19.6 Å². The van der Waals surface area contributed by atoms with E-state index in [9.17, 15) is 4.79 Å². The summed E-state index contributed by atoms with van der Waals surface area (Å²) >= 11 is 0. The minimum absolute atomic E-state index is 0.193. The van der Waals surface area contributed by atoms with Crippen molar-refractivity contribution < 1.29 is 4.79 Å². The molecule has 0 N–H and O–H groups in total. The van der Waals surface area contributed by atoms with Crippen LogP contribution in [0.2, 0.25) is 0 Å². The topological polar surface area (TPSA) is 20.3 Å². The summed E-state index contributed by atoms with van der Waals surface area (Å²) in [5.41, 5.74) is 0.802. The highest BCUT2D eigenvalue weighted by molar-refractivity contribution is 6.10. The molecule has 0 amide bonds. The van der Waals surface area contributed by atoms with E-state index in [1.54, 1.807) is 0 Å². The smallest absolute Gasteiger partial charge is 0.176 e. The number of hydrogen-bond acceptors (Lipinski definition) is 2. The second kappa shape index (κ2) is 6.29. The van der Waals surface area contributed by atoms with E-state index in [-0.39, 0.29) is 5.78 Å². The number of rotatable bonds is 5. The van der Waals surface area contributed by atoms with Crippen LogP contribution in [0.3, 0.4) is 0 Å². The molecule has 3 rings (SSSR count). The Morgan fingerprint density at radius 3 is 2.23 bits per heavy atom. The van der Waals surface area contributed by atoms with Gasteiger partial charge in [-0.3, -0.25) is 9.69 Å². The first-order valence-corrected chi connectivity index (χ1v) is 7.90. The van der Waals surface area contributed by atoms with E-state index in [4.69, 9.17) is 0 Å². The van der Waals surface area contributed by atoms with Gasteiger partial charge in [-0.2, -0.15) is 0 Å². The van der Waals surface area contributed by atoms with Crippen LogP contribution in [0.1, 0.15) is 24.2 Å². The molecule has 0 fully saturated rings. The van der Waals surface area contributed by atoms with Gasteiger partial charge in [0.2, 0.25) is 0 Å². The van der Waals surface area contributed by atoms with Crippen molar-refractivity contribution in [2.45, 2.75) is 13.8 Å². The van der Waals surface area contributed by atoms with Crippen molar-refractivity contribution in [1.82, 2.24) is 4.90 Å². The Morgan fingerprint density at radius 1 is 0.864 bits per heavy atom. The quantitative estimate of drug-likeness (QED) is 0.509. The van der Waals surface area contributed by atoms with Crippen LogP contribution >= 0.6 is 0 Å². The third-order valence-corrected chi connectivity index (χ3v) is 4.33. The van der Waals surface area contributed by atoms with E-state index >= 15 is 0 Å². The van der Waals surface area contributed by atoms with Crippen molar-refractivity contribution >= 4 is 27.3 Å².